The molecule has 1 amide bonds. The Bertz CT molecular complexity index is 540. The Morgan fingerprint density at radius 2 is 2.00 bits per heavy atom. The van der Waals surface area contributed by atoms with Crippen molar-refractivity contribution >= 4 is 21.4 Å². The average molecular weight is 273 g/mol. The zero-order chi connectivity index (χ0) is 14.1. The zero-order valence-corrected chi connectivity index (χ0v) is 12.1. The Labute approximate surface area is 107 Å². The molecule has 0 aliphatic heterocycles. The van der Waals surface area contributed by atoms with Crippen molar-refractivity contribution < 1.29 is 13.2 Å². The molecule has 6 nitrogen and oxygen atoms in total. The number of hydrogen-bond donors (Lipinski definition) is 1. The number of nitrogens with one attached hydrogen (secondary N) is 1. The summed E-state index contributed by atoms with van der Waals surface area (Å²) in [6.45, 7) is 7.29. The predicted molar refractivity (Wildman–Crippen MR) is 70.2 cm³/mol. The third-order valence-electron chi connectivity index (χ3n) is 2.55. The Hall–Kier alpha value is -1.37. The van der Waals surface area contributed by atoms with Crippen LogP contribution >= 0.6 is 0 Å². The van der Waals surface area contributed by atoms with E-state index < -0.39 is 21.0 Å². The minimum atomic E-state index is -3.38. The molecule has 0 aliphatic carbocycles. The van der Waals surface area contributed by atoms with E-state index in [1.807, 2.05) is 20.8 Å². The number of sulfone groups is 1. The SMILES string of the molecule is CC(C(=O)Nc1cnn(C(C)(C)C)c1)S(C)(=O)=O. The molecule has 0 bridgehead atoms. The van der Waals surface area contributed by atoms with Crippen LogP contribution in [0.4, 0.5) is 5.69 Å². The van der Waals surface area contributed by atoms with Crippen molar-refractivity contribution in [1.29, 1.82) is 0 Å². The minimum Gasteiger partial charge on any atom is -0.322 e. The van der Waals surface area contributed by atoms with E-state index in [1.54, 1.807) is 10.9 Å². The number of carbonyl (C=O) groups is 1. The van der Waals surface area contributed by atoms with Crippen LogP contribution in [0.25, 0.3) is 0 Å². The van der Waals surface area contributed by atoms with Gasteiger partial charge in [-0.15, -0.1) is 0 Å². The molecule has 0 saturated heterocycles. The second kappa shape index (κ2) is 4.72. The van der Waals surface area contributed by atoms with Crippen molar-refractivity contribution in [1.82, 2.24) is 9.78 Å². The molecule has 1 aromatic heterocycles. The fraction of sp³-hybridized carbons (Fsp3) is 0.636. The maximum Gasteiger partial charge on any atom is 0.242 e. The van der Waals surface area contributed by atoms with Gasteiger partial charge in [-0.3, -0.25) is 9.48 Å². The molecule has 102 valence electrons. The molecule has 0 fully saturated rings. The van der Waals surface area contributed by atoms with Crippen LogP contribution in [0.15, 0.2) is 12.4 Å². The van der Waals surface area contributed by atoms with Crippen molar-refractivity contribution in [2.24, 2.45) is 0 Å². The molecule has 1 heterocycles. The highest BCUT2D eigenvalue weighted by Gasteiger charge is 2.24. The van der Waals surface area contributed by atoms with Crippen LogP contribution in [0.2, 0.25) is 0 Å². The van der Waals surface area contributed by atoms with Crippen LogP contribution in [0, 0.1) is 0 Å². The van der Waals surface area contributed by atoms with Gasteiger partial charge >= 0.3 is 0 Å². The van der Waals surface area contributed by atoms with Gasteiger partial charge in [0, 0.05) is 12.5 Å². The second-order valence-electron chi connectivity index (χ2n) is 5.31. The van der Waals surface area contributed by atoms with Crippen molar-refractivity contribution in [3.63, 3.8) is 0 Å². The summed E-state index contributed by atoms with van der Waals surface area (Å²) < 4.78 is 24.2. The molecule has 0 aromatic carbocycles. The summed E-state index contributed by atoms with van der Waals surface area (Å²) in [6, 6.07) is 0. The quantitative estimate of drug-likeness (QED) is 0.891. The number of aromatic nitrogens is 2. The lowest BCUT2D eigenvalue weighted by atomic mass is 10.1. The Kier molecular flexibility index (Phi) is 3.85. The van der Waals surface area contributed by atoms with Crippen molar-refractivity contribution in [3.8, 4) is 0 Å². The standard InChI is InChI=1S/C11H19N3O3S/c1-8(18(5,16)17)10(15)13-9-6-12-14(7-9)11(2,3)4/h6-8H,1-5H3,(H,13,15). The first-order valence-corrected chi connectivity index (χ1v) is 7.52. The lowest BCUT2D eigenvalue weighted by molar-refractivity contribution is -0.115. The summed E-state index contributed by atoms with van der Waals surface area (Å²) in [5.41, 5.74) is 0.302. The summed E-state index contributed by atoms with van der Waals surface area (Å²) in [6.07, 6.45) is 4.21. The first-order valence-electron chi connectivity index (χ1n) is 5.56. The van der Waals surface area contributed by atoms with E-state index in [9.17, 15) is 13.2 Å². The highest BCUT2D eigenvalue weighted by Crippen LogP contribution is 2.16. The van der Waals surface area contributed by atoms with Crippen LogP contribution in [0.1, 0.15) is 27.7 Å². The molecule has 1 rings (SSSR count). The van der Waals surface area contributed by atoms with Crippen LogP contribution in [-0.4, -0.2) is 35.6 Å². The van der Waals surface area contributed by atoms with Gasteiger partial charge in [0.05, 0.1) is 17.4 Å². The smallest absolute Gasteiger partial charge is 0.242 e. The molecule has 0 radical (unpaired) electrons. The summed E-state index contributed by atoms with van der Waals surface area (Å²) >= 11 is 0. The number of anilines is 1. The molecule has 7 heteroatoms. The van der Waals surface area contributed by atoms with Gasteiger partial charge in [0.2, 0.25) is 5.91 Å². The van der Waals surface area contributed by atoms with E-state index in [-0.39, 0.29) is 5.54 Å². The maximum atomic E-state index is 11.7. The first kappa shape index (κ1) is 14.7. The van der Waals surface area contributed by atoms with Crippen molar-refractivity contribution in [2.45, 2.75) is 38.5 Å². The first-order chi connectivity index (χ1) is 8.01. The zero-order valence-electron chi connectivity index (χ0n) is 11.3. The van der Waals surface area contributed by atoms with E-state index in [1.165, 1.54) is 13.1 Å². The summed E-state index contributed by atoms with van der Waals surface area (Å²) in [5, 5.41) is 5.58. The second-order valence-corrected chi connectivity index (χ2v) is 7.67. The fourth-order valence-corrected chi connectivity index (χ4v) is 1.64. The molecule has 1 aromatic rings. The largest absolute Gasteiger partial charge is 0.322 e. The molecule has 0 aliphatic rings. The summed E-state index contributed by atoms with van der Waals surface area (Å²) in [7, 11) is -3.38. The van der Waals surface area contributed by atoms with E-state index in [0.29, 0.717) is 5.69 Å². The minimum absolute atomic E-state index is 0.189. The molecule has 1 atom stereocenters. The van der Waals surface area contributed by atoms with Gasteiger partial charge in [-0.1, -0.05) is 0 Å². The summed E-state index contributed by atoms with van der Waals surface area (Å²) in [4.78, 5) is 11.7. The van der Waals surface area contributed by atoms with Gasteiger partial charge in [0.1, 0.15) is 5.25 Å². The van der Waals surface area contributed by atoms with Gasteiger partial charge in [-0.05, 0) is 27.7 Å². The topological polar surface area (TPSA) is 81.1 Å². The van der Waals surface area contributed by atoms with Gasteiger partial charge in [-0.2, -0.15) is 5.10 Å². The highest BCUT2D eigenvalue weighted by molar-refractivity contribution is 7.92. The third kappa shape index (κ3) is 3.56. The maximum absolute atomic E-state index is 11.7. The Morgan fingerprint density at radius 3 is 2.39 bits per heavy atom. The number of rotatable bonds is 3. The Balaban J connectivity index is 2.81. The number of amides is 1. The normalized spacial score (nSPS) is 14.3. The highest BCUT2D eigenvalue weighted by atomic mass is 32.2. The number of hydrogen-bond acceptors (Lipinski definition) is 4. The summed E-state index contributed by atoms with van der Waals surface area (Å²) in [5.74, 6) is -0.550. The molecular weight excluding hydrogens is 254 g/mol. The third-order valence-corrected chi connectivity index (χ3v) is 4.05. The van der Waals surface area contributed by atoms with Crippen LogP contribution in [0.5, 0.6) is 0 Å². The van der Waals surface area contributed by atoms with E-state index in [4.69, 9.17) is 0 Å². The van der Waals surface area contributed by atoms with Gasteiger partial charge < -0.3 is 5.32 Å². The van der Waals surface area contributed by atoms with Crippen LogP contribution in [-0.2, 0) is 20.2 Å². The van der Waals surface area contributed by atoms with Crippen molar-refractivity contribution in [3.05, 3.63) is 12.4 Å². The van der Waals surface area contributed by atoms with Gasteiger partial charge in [-0.25, -0.2) is 8.42 Å². The van der Waals surface area contributed by atoms with E-state index in [2.05, 4.69) is 10.4 Å². The molecule has 0 spiro atoms. The monoisotopic (exact) mass is 273 g/mol. The lowest BCUT2D eigenvalue weighted by Crippen LogP contribution is -2.31. The van der Waals surface area contributed by atoms with Crippen LogP contribution < -0.4 is 5.32 Å². The van der Waals surface area contributed by atoms with Crippen LogP contribution in [0.3, 0.4) is 0 Å². The molecule has 1 N–H and O–H groups in total. The Morgan fingerprint density at radius 1 is 1.44 bits per heavy atom. The lowest BCUT2D eigenvalue weighted by Gasteiger charge is -2.18. The fourth-order valence-electron chi connectivity index (χ4n) is 1.19. The predicted octanol–water partition coefficient (Wildman–Crippen LogP) is 1.01. The van der Waals surface area contributed by atoms with Crippen molar-refractivity contribution in [2.75, 3.05) is 11.6 Å². The number of carbonyl (C=O) groups excluding carboxylic acids is 1. The molecule has 1 unspecified atom stereocenters. The molecule has 0 saturated carbocycles. The van der Waals surface area contributed by atoms with E-state index >= 15 is 0 Å². The van der Waals surface area contributed by atoms with E-state index in [0.717, 1.165) is 6.26 Å². The molecular formula is C11H19N3O3S. The van der Waals surface area contributed by atoms with Gasteiger partial charge in [0.15, 0.2) is 9.84 Å². The number of nitrogens with zero attached hydrogens (tertiary/aromatic N) is 2. The molecule has 18 heavy (non-hydrogen) atoms. The average Bonchev–Trinajstić information content (AvgIpc) is 2.62. The van der Waals surface area contributed by atoms with Gasteiger partial charge in [0.25, 0.3) is 0 Å².